The molecule has 0 saturated heterocycles. The topological polar surface area (TPSA) is 88.9 Å². The number of carbonyl (C=O) groups excluding carboxylic acids is 1. The van der Waals surface area contributed by atoms with Crippen molar-refractivity contribution in [2.45, 2.75) is 45.9 Å². The lowest BCUT2D eigenvalue weighted by molar-refractivity contribution is -0.115. The van der Waals surface area contributed by atoms with Gasteiger partial charge < -0.3 is 14.5 Å². The minimum Gasteiger partial charge on any atom is -0.492 e. The Balaban J connectivity index is 1.90. The summed E-state index contributed by atoms with van der Waals surface area (Å²) >= 11 is 0. The van der Waals surface area contributed by atoms with Crippen LogP contribution in [0.25, 0.3) is 11.0 Å². The van der Waals surface area contributed by atoms with E-state index in [4.69, 9.17) is 9.15 Å². The van der Waals surface area contributed by atoms with Crippen LogP contribution in [0.1, 0.15) is 37.5 Å². The van der Waals surface area contributed by atoms with E-state index in [0.29, 0.717) is 31.1 Å². The van der Waals surface area contributed by atoms with Crippen LogP contribution >= 0.6 is 0 Å². The summed E-state index contributed by atoms with van der Waals surface area (Å²) in [5, 5.41) is 3.72. The fourth-order valence-electron chi connectivity index (χ4n) is 3.60. The fraction of sp³-hybridized carbons (Fsp3) is 0.375. The number of aryl methyl sites for hydroxylation is 2. The van der Waals surface area contributed by atoms with E-state index in [9.17, 15) is 13.2 Å². The van der Waals surface area contributed by atoms with E-state index < -0.39 is 10.0 Å². The molecule has 0 atom stereocenters. The second-order valence-corrected chi connectivity index (χ2v) is 9.54. The maximum Gasteiger partial charge on any atom is 0.243 e. The summed E-state index contributed by atoms with van der Waals surface area (Å²) in [4.78, 5) is 13.0. The number of ether oxygens (including phenoxy) is 1. The second kappa shape index (κ2) is 9.75. The molecular formula is C24H30N2O5S. The Bertz CT molecular complexity index is 1230. The summed E-state index contributed by atoms with van der Waals surface area (Å²) in [5.41, 5.74) is 4.07. The van der Waals surface area contributed by atoms with Gasteiger partial charge in [-0.3, -0.25) is 4.79 Å². The van der Waals surface area contributed by atoms with Crippen molar-refractivity contribution in [3.63, 3.8) is 0 Å². The van der Waals surface area contributed by atoms with E-state index in [0.717, 1.165) is 27.7 Å². The molecule has 0 unspecified atom stereocenters. The molecule has 0 aliphatic carbocycles. The minimum atomic E-state index is -3.67. The quantitative estimate of drug-likeness (QED) is 0.504. The highest BCUT2D eigenvalue weighted by Crippen LogP contribution is 2.30. The third kappa shape index (κ3) is 4.81. The number of nitrogens with zero attached hydrogens (tertiary/aromatic N) is 1. The Hall–Kier alpha value is -2.84. The van der Waals surface area contributed by atoms with Gasteiger partial charge >= 0.3 is 0 Å². The number of sulfonamides is 1. The lowest BCUT2D eigenvalue weighted by atomic mass is 10.0. The van der Waals surface area contributed by atoms with Gasteiger partial charge in [0.25, 0.3) is 0 Å². The molecule has 172 valence electrons. The van der Waals surface area contributed by atoms with E-state index in [-0.39, 0.29) is 17.2 Å². The van der Waals surface area contributed by atoms with Crippen molar-refractivity contribution in [3.05, 3.63) is 53.3 Å². The number of anilines is 1. The molecule has 3 aromatic rings. The van der Waals surface area contributed by atoms with Crippen LogP contribution < -0.4 is 10.1 Å². The number of carbonyl (C=O) groups is 1. The van der Waals surface area contributed by atoms with Crippen LogP contribution in [-0.2, 0) is 21.2 Å². The van der Waals surface area contributed by atoms with E-state index in [1.54, 1.807) is 26.2 Å². The first-order valence-electron chi connectivity index (χ1n) is 10.7. The van der Waals surface area contributed by atoms with Crippen LogP contribution in [0, 0.1) is 13.8 Å². The van der Waals surface area contributed by atoms with Crippen LogP contribution in [0.4, 0.5) is 5.69 Å². The highest BCUT2D eigenvalue weighted by molar-refractivity contribution is 7.89. The van der Waals surface area contributed by atoms with Gasteiger partial charge in [0.2, 0.25) is 15.9 Å². The average molecular weight is 459 g/mol. The Morgan fingerprint density at radius 1 is 1.06 bits per heavy atom. The predicted octanol–water partition coefficient (Wildman–Crippen LogP) is 4.66. The zero-order valence-electron chi connectivity index (χ0n) is 19.2. The van der Waals surface area contributed by atoms with Crippen LogP contribution in [0.15, 0.2) is 45.9 Å². The molecule has 2 aromatic carbocycles. The molecule has 1 heterocycles. The molecule has 7 nitrogen and oxygen atoms in total. The van der Waals surface area contributed by atoms with Crippen molar-refractivity contribution in [2.24, 2.45) is 0 Å². The molecule has 0 saturated carbocycles. The molecule has 0 fully saturated rings. The highest BCUT2D eigenvalue weighted by atomic mass is 32.2. The number of hydrogen-bond acceptors (Lipinski definition) is 5. The van der Waals surface area contributed by atoms with Gasteiger partial charge in [-0.1, -0.05) is 13.8 Å². The molecule has 32 heavy (non-hydrogen) atoms. The number of furan rings is 1. The van der Waals surface area contributed by atoms with Gasteiger partial charge in [0, 0.05) is 24.0 Å². The first-order valence-corrected chi connectivity index (χ1v) is 12.2. The van der Waals surface area contributed by atoms with Crippen molar-refractivity contribution >= 4 is 32.6 Å². The van der Waals surface area contributed by atoms with Crippen molar-refractivity contribution < 1.29 is 22.4 Å². The summed E-state index contributed by atoms with van der Waals surface area (Å²) in [6.07, 6.45) is 1.68. The number of nitrogens with one attached hydrogen (secondary N) is 1. The average Bonchev–Trinajstić information content (AvgIpc) is 3.11. The minimum absolute atomic E-state index is 0.0914. The maximum atomic E-state index is 12.9. The molecule has 1 aromatic heterocycles. The molecule has 1 amide bonds. The lowest BCUT2D eigenvalue weighted by Crippen LogP contribution is -2.30. The SMILES string of the molecule is CCOc1ccc(S(=O)(=O)N(CC)CC)cc1NC(=O)Cc1coc2cc(C)c(C)cc12. The van der Waals surface area contributed by atoms with Crippen LogP contribution in [0.2, 0.25) is 0 Å². The van der Waals surface area contributed by atoms with Crippen molar-refractivity contribution in [2.75, 3.05) is 25.0 Å². The van der Waals surface area contributed by atoms with Gasteiger partial charge in [-0.05, 0) is 62.2 Å². The molecule has 0 spiro atoms. The van der Waals surface area contributed by atoms with Gasteiger partial charge in [-0.25, -0.2) is 8.42 Å². The number of amides is 1. The summed E-state index contributed by atoms with van der Waals surface area (Å²) < 4.78 is 38.5. The Labute approximate surface area is 189 Å². The van der Waals surface area contributed by atoms with Gasteiger partial charge in [-0.2, -0.15) is 4.31 Å². The predicted molar refractivity (Wildman–Crippen MR) is 126 cm³/mol. The van der Waals surface area contributed by atoms with Gasteiger partial charge in [0.05, 0.1) is 29.9 Å². The summed E-state index contributed by atoms with van der Waals surface area (Å²) in [7, 11) is -3.67. The summed E-state index contributed by atoms with van der Waals surface area (Å²) in [6, 6.07) is 8.51. The summed E-state index contributed by atoms with van der Waals surface area (Å²) in [5.74, 6) is 0.132. The zero-order valence-corrected chi connectivity index (χ0v) is 20.0. The Kier molecular flexibility index (Phi) is 7.26. The monoisotopic (exact) mass is 458 g/mol. The van der Waals surface area contributed by atoms with E-state index in [2.05, 4.69) is 5.32 Å². The van der Waals surface area contributed by atoms with Crippen LogP contribution in [0.3, 0.4) is 0 Å². The zero-order chi connectivity index (χ0) is 23.5. The first-order chi connectivity index (χ1) is 15.2. The molecular weight excluding hydrogens is 428 g/mol. The van der Waals surface area contributed by atoms with Gasteiger partial charge in [0.15, 0.2) is 0 Å². The maximum absolute atomic E-state index is 12.9. The largest absolute Gasteiger partial charge is 0.492 e. The normalized spacial score (nSPS) is 11.8. The molecule has 0 radical (unpaired) electrons. The lowest BCUT2D eigenvalue weighted by Gasteiger charge is -2.20. The van der Waals surface area contributed by atoms with E-state index in [1.165, 1.54) is 16.4 Å². The van der Waals surface area contributed by atoms with Gasteiger partial charge in [-0.15, -0.1) is 0 Å². The smallest absolute Gasteiger partial charge is 0.243 e. The molecule has 8 heteroatoms. The van der Waals surface area contributed by atoms with Crippen LogP contribution in [0.5, 0.6) is 5.75 Å². The number of benzene rings is 2. The first kappa shape index (κ1) is 23.8. The molecule has 0 aliphatic heterocycles. The van der Waals surface area contributed by atoms with Crippen molar-refractivity contribution in [1.29, 1.82) is 0 Å². The van der Waals surface area contributed by atoms with E-state index in [1.807, 2.05) is 32.9 Å². The highest BCUT2D eigenvalue weighted by Gasteiger charge is 2.23. The second-order valence-electron chi connectivity index (χ2n) is 7.60. The molecule has 1 N–H and O–H groups in total. The van der Waals surface area contributed by atoms with E-state index >= 15 is 0 Å². The third-order valence-electron chi connectivity index (χ3n) is 5.49. The Morgan fingerprint density at radius 2 is 1.75 bits per heavy atom. The van der Waals surface area contributed by atoms with Crippen LogP contribution in [-0.4, -0.2) is 38.3 Å². The standard InChI is InChI=1S/C24H30N2O5S/c1-6-26(7-2)32(28,29)19-9-10-22(30-8-3)21(14-19)25-24(27)13-18-15-31-23-12-17(5)16(4)11-20(18)23/h9-12,14-15H,6-8,13H2,1-5H3,(H,25,27). The molecule has 0 aliphatic rings. The molecule has 0 bridgehead atoms. The van der Waals surface area contributed by atoms with Crippen molar-refractivity contribution in [1.82, 2.24) is 4.31 Å². The van der Waals surface area contributed by atoms with Gasteiger partial charge in [0.1, 0.15) is 11.3 Å². The third-order valence-corrected chi connectivity index (χ3v) is 7.54. The van der Waals surface area contributed by atoms with Crippen molar-refractivity contribution in [3.8, 4) is 5.75 Å². The molecule has 3 rings (SSSR count). The number of fused-ring (bicyclic) bond motifs is 1. The fourth-order valence-corrected chi connectivity index (χ4v) is 5.09. The Morgan fingerprint density at radius 3 is 2.41 bits per heavy atom. The summed E-state index contributed by atoms with van der Waals surface area (Å²) in [6.45, 7) is 10.5. The number of hydrogen-bond donors (Lipinski definition) is 1. The number of rotatable bonds is 9.